The number of rotatable bonds is 4. The Hall–Kier alpha value is 0.274. The van der Waals surface area contributed by atoms with E-state index in [0.29, 0.717) is 5.67 Å². The zero-order valence-electron chi connectivity index (χ0n) is 14.5. The average molecular weight is 333 g/mol. The molecule has 4 nitrogen and oxygen atoms in total. The van der Waals surface area contributed by atoms with E-state index < -0.39 is 17.4 Å². The monoisotopic (exact) mass is 332 g/mol. The van der Waals surface area contributed by atoms with Crippen LogP contribution in [0.1, 0.15) is 46.0 Å². The SMILES string of the molecule is CCC(NC(C)N)[SiH]1CCCCO1.C[Si]1(C)CCCCO1. The highest BCUT2D eigenvalue weighted by molar-refractivity contribution is 6.71. The highest BCUT2D eigenvalue weighted by Gasteiger charge is 2.25. The Morgan fingerprint density at radius 3 is 2.29 bits per heavy atom. The minimum atomic E-state index is -1.09. The van der Waals surface area contributed by atoms with Gasteiger partial charge in [-0.1, -0.05) is 19.8 Å². The van der Waals surface area contributed by atoms with Crippen LogP contribution in [0.2, 0.25) is 25.2 Å². The third-order valence-electron chi connectivity index (χ3n) is 4.25. The molecule has 126 valence electrons. The molecule has 2 aliphatic rings. The highest BCUT2D eigenvalue weighted by Crippen LogP contribution is 2.20. The van der Waals surface area contributed by atoms with E-state index in [0.717, 1.165) is 19.6 Å². The summed E-state index contributed by atoms with van der Waals surface area (Å²) >= 11 is 0. The van der Waals surface area contributed by atoms with Crippen LogP contribution in [0.3, 0.4) is 0 Å². The third-order valence-corrected chi connectivity index (χ3v) is 9.99. The number of nitrogens with one attached hydrogen (secondary N) is 1. The van der Waals surface area contributed by atoms with Crippen LogP contribution >= 0.6 is 0 Å². The van der Waals surface area contributed by atoms with Crippen molar-refractivity contribution >= 4 is 17.4 Å². The van der Waals surface area contributed by atoms with Crippen molar-refractivity contribution in [1.29, 1.82) is 0 Å². The normalized spacial score (nSPS) is 28.1. The van der Waals surface area contributed by atoms with E-state index in [-0.39, 0.29) is 6.17 Å². The van der Waals surface area contributed by atoms with E-state index in [1.807, 2.05) is 6.92 Å². The molecule has 0 radical (unpaired) electrons. The first-order valence-corrected chi connectivity index (χ1v) is 13.8. The summed E-state index contributed by atoms with van der Waals surface area (Å²) in [5.74, 6) is 0. The van der Waals surface area contributed by atoms with Crippen LogP contribution in [0.4, 0.5) is 0 Å². The van der Waals surface area contributed by atoms with E-state index in [2.05, 4.69) is 25.3 Å². The predicted molar refractivity (Wildman–Crippen MR) is 95.5 cm³/mol. The lowest BCUT2D eigenvalue weighted by Gasteiger charge is -2.30. The van der Waals surface area contributed by atoms with Gasteiger partial charge < -0.3 is 14.6 Å². The van der Waals surface area contributed by atoms with Gasteiger partial charge in [0.2, 0.25) is 0 Å². The Labute approximate surface area is 134 Å². The zero-order valence-corrected chi connectivity index (χ0v) is 16.6. The molecule has 3 unspecified atom stereocenters. The zero-order chi connectivity index (χ0) is 15.7. The fourth-order valence-corrected chi connectivity index (χ4v) is 7.93. The molecule has 3 N–H and O–H groups in total. The third kappa shape index (κ3) is 8.47. The molecular formula is C15H36N2O2Si2. The maximum absolute atomic E-state index is 5.85. The van der Waals surface area contributed by atoms with Gasteiger partial charge in [0.05, 0.1) is 6.17 Å². The lowest BCUT2D eigenvalue weighted by molar-refractivity contribution is 0.271. The van der Waals surface area contributed by atoms with E-state index in [1.54, 1.807) is 0 Å². The number of nitrogens with two attached hydrogens (primary N) is 1. The molecule has 0 aliphatic carbocycles. The van der Waals surface area contributed by atoms with Crippen LogP contribution in [-0.2, 0) is 8.85 Å². The van der Waals surface area contributed by atoms with Gasteiger partial charge in [-0.2, -0.15) is 0 Å². The van der Waals surface area contributed by atoms with Gasteiger partial charge in [0.25, 0.3) is 0 Å². The molecule has 21 heavy (non-hydrogen) atoms. The number of hydrogen-bond donors (Lipinski definition) is 2. The summed E-state index contributed by atoms with van der Waals surface area (Å²) in [6.07, 6.45) is 6.54. The summed E-state index contributed by atoms with van der Waals surface area (Å²) in [7, 11) is -2.08. The highest BCUT2D eigenvalue weighted by atomic mass is 28.4. The molecule has 0 spiro atoms. The van der Waals surface area contributed by atoms with E-state index in [1.165, 1.54) is 37.8 Å². The second-order valence-corrected chi connectivity index (χ2v) is 14.0. The smallest absolute Gasteiger partial charge is 0.193 e. The van der Waals surface area contributed by atoms with Crippen LogP contribution in [0.15, 0.2) is 0 Å². The van der Waals surface area contributed by atoms with Crippen LogP contribution < -0.4 is 11.1 Å². The average Bonchev–Trinajstić information content (AvgIpc) is 2.46. The molecule has 6 heteroatoms. The molecule has 0 saturated carbocycles. The van der Waals surface area contributed by atoms with E-state index >= 15 is 0 Å². The van der Waals surface area contributed by atoms with Gasteiger partial charge in [-0.05, 0) is 51.4 Å². The van der Waals surface area contributed by atoms with Crippen molar-refractivity contribution in [1.82, 2.24) is 5.32 Å². The lowest BCUT2D eigenvalue weighted by atomic mass is 10.4. The van der Waals surface area contributed by atoms with Gasteiger partial charge in [-0.15, -0.1) is 0 Å². The van der Waals surface area contributed by atoms with Gasteiger partial charge in [-0.25, -0.2) is 0 Å². The quantitative estimate of drug-likeness (QED) is 0.614. The maximum atomic E-state index is 5.85. The van der Waals surface area contributed by atoms with Gasteiger partial charge in [0.15, 0.2) is 17.4 Å². The second kappa shape index (κ2) is 10.1. The molecule has 0 aromatic carbocycles. The first-order chi connectivity index (χ1) is 9.94. The molecule has 2 rings (SSSR count). The summed E-state index contributed by atoms with van der Waals surface area (Å²) < 4.78 is 11.5. The Morgan fingerprint density at radius 2 is 1.90 bits per heavy atom. The Balaban J connectivity index is 0.000000235. The van der Waals surface area contributed by atoms with E-state index in [4.69, 9.17) is 14.6 Å². The molecule has 0 aromatic rings. The number of hydrogen-bond acceptors (Lipinski definition) is 4. The summed E-state index contributed by atoms with van der Waals surface area (Å²) in [6, 6.07) is 2.69. The maximum Gasteiger partial charge on any atom is 0.193 e. The Morgan fingerprint density at radius 1 is 1.19 bits per heavy atom. The van der Waals surface area contributed by atoms with E-state index in [9.17, 15) is 0 Å². The van der Waals surface area contributed by atoms with Gasteiger partial charge in [0.1, 0.15) is 0 Å². The van der Waals surface area contributed by atoms with Crippen molar-refractivity contribution in [3.05, 3.63) is 0 Å². The van der Waals surface area contributed by atoms with Gasteiger partial charge in [-0.3, -0.25) is 5.32 Å². The van der Waals surface area contributed by atoms with Crippen LogP contribution in [-0.4, -0.2) is 42.4 Å². The summed E-state index contributed by atoms with van der Waals surface area (Å²) in [6.45, 7) is 10.8. The van der Waals surface area contributed by atoms with Crippen molar-refractivity contribution < 1.29 is 8.85 Å². The first-order valence-electron chi connectivity index (χ1n) is 8.72. The summed E-state index contributed by atoms with van der Waals surface area (Å²) in [5.41, 5.74) is 6.30. The van der Waals surface area contributed by atoms with Gasteiger partial charge >= 0.3 is 0 Å². The molecule has 3 atom stereocenters. The molecule has 2 heterocycles. The Kier molecular flexibility index (Phi) is 9.31. The molecule has 2 saturated heterocycles. The molecule has 0 aromatic heterocycles. The van der Waals surface area contributed by atoms with Crippen molar-refractivity contribution in [3.8, 4) is 0 Å². The van der Waals surface area contributed by atoms with Crippen LogP contribution in [0.5, 0.6) is 0 Å². The van der Waals surface area contributed by atoms with Crippen molar-refractivity contribution in [2.45, 2.75) is 83.0 Å². The van der Waals surface area contributed by atoms with Crippen molar-refractivity contribution in [3.63, 3.8) is 0 Å². The minimum Gasteiger partial charge on any atom is -0.418 e. The fraction of sp³-hybridized carbons (Fsp3) is 1.00. The standard InChI is InChI=1S/C9H22N2OSi.C6H14OSi/c1-3-9(11-8(2)10)13-7-5-4-6-12-13;1-8(2)6-4-3-5-7-8/h8-9,11,13H,3-7,10H2,1-2H3;3-6H2,1-2H3. The first kappa shape index (κ1) is 19.3. The van der Waals surface area contributed by atoms with Crippen molar-refractivity contribution in [2.75, 3.05) is 13.2 Å². The summed E-state index contributed by atoms with van der Waals surface area (Å²) in [5, 5.41) is 3.41. The molecule has 2 fully saturated rings. The van der Waals surface area contributed by atoms with Crippen LogP contribution in [0, 0.1) is 0 Å². The van der Waals surface area contributed by atoms with Gasteiger partial charge in [0, 0.05) is 18.9 Å². The Bertz CT molecular complexity index is 264. The molecule has 2 aliphatic heterocycles. The largest absolute Gasteiger partial charge is 0.418 e. The summed E-state index contributed by atoms with van der Waals surface area (Å²) in [4.78, 5) is 0. The molecule has 0 bridgehead atoms. The molecule has 0 amide bonds. The second-order valence-electron chi connectivity index (χ2n) is 6.94. The molecular weight excluding hydrogens is 296 g/mol. The lowest BCUT2D eigenvalue weighted by Crippen LogP contribution is -2.51. The fourth-order valence-electron chi connectivity index (χ4n) is 2.98. The van der Waals surface area contributed by atoms with Crippen molar-refractivity contribution in [2.24, 2.45) is 5.73 Å². The topological polar surface area (TPSA) is 56.5 Å². The minimum absolute atomic E-state index is 0.1000. The predicted octanol–water partition coefficient (Wildman–Crippen LogP) is 2.73. The van der Waals surface area contributed by atoms with Crippen LogP contribution in [0.25, 0.3) is 0 Å².